The largest absolute Gasteiger partial charge is 0.497 e. The number of ether oxygens (including phenoxy) is 1. The molecule has 0 aliphatic carbocycles. The van der Waals surface area contributed by atoms with E-state index < -0.39 is 0 Å². The average Bonchev–Trinajstić information content (AvgIpc) is 2.85. The fourth-order valence-corrected chi connectivity index (χ4v) is 2.44. The number of pyridine rings is 2. The summed E-state index contributed by atoms with van der Waals surface area (Å²) in [6.45, 7) is 2.47. The molecular formula is C16H15N3O2. The van der Waals surface area contributed by atoms with Crippen molar-refractivity contribution in [1.82, 2.24) is 14.5 Å². The number of aromatic nitrogens is 3. The Balaban J connectivity index is 2.06. The van der Waals surface area contributed by atoms with E-state index in [4.69, 9.17) is 4.74 Å². The predicted molar refractivity (Wildman–Crippen MR) is 79.7 cm³/mol. The van der Waals surface area contributed by atoms with Crippen LogP contribution < -0.4 is 4.74 Å². The Morgan fingerprint density at radius 2 is 2.24 bits per heavy atom. The standard InChI is InChI=1S/C16H15N3O2/c1-11-6-14(21-2)7-13(18-11)9-19-8-12(10-20)15-4-3-5-17-16(15)19/h3-8,10H,9H2,1-2H3. The summed E-state index contributed by atoms with van der Waals surface area (Å²) in [5, 5.41) is 0.854. The Hall–Kier alpha value is -2.69. The average molecular weight is 281 g/mol. The number of aryl methyl sites for hydroxylation is 1. The van der Waals surface area contributed by atoms with E-state index in [0.29, 0.717) is 12.1 Å². The van der Waals surface area contributed by atoms with E-state index >= 15 is 0 Å². The van der Waals surface area contributed by atoms with Crippen LogP contribution in [0.25, 0.3) is 11.0 Å². The van der Waals surface area contributed by atoms with Crippen LogP contribution >= 0.6 is 0 Å². The molecule has 0 fully saturated rings. The summed E-state index contributed by atoms with van der Waals surface area (Å²) in [6.07, 6.45) is 4.38. The summed E-state index contributed by atoms with van der Waals surface area (Å²) in [4.78, 5) is 20.0. The second kappa shape index (κ2) is 5.36. The lowest BCUT2D eigenvalue weighted by Gasteiger charge is -2.07. The number of carbonyl (C=O) groups is 1. The number of nitrogens with zero attached hydrogens (tertiary/aromatic N) is 3. The van der Waals surface area contributed by atoms with Crippen molar-refractivity contribution in [1.29, 1.82) is 0 Å². The fourth-order valence-electron chi connectivity index (χ4n) is 2.44. The molecule has 21 heavy (non-hydrogen) atoms. The zero-order valence-electron chi connectivity index (χ0n) is 11.9. The lowest BCUT2D eigenvalue weighted by Crippen LogP contribution is -2.03. The molecule has 0 aliphatic heterocycles. The molecule has 0 aromatic carbocycles. The van der Waals surface area contributed by atoms with Gasteiger partial charge < -0.3 is 9.30 Å². The topological polar surface area (TPSA) is 57.0 Å². The van der Waals surface area contributed by atoms with Crippen LogP contribution in [0.5, 0.6) is 5.75 Å². The van der Waals surface area contributed by atoms with E-state index in [1.54, 1.807) is 19.5 Å². The minimum Gasteiger partial charge on any atom is -0.497 e. The lowest BCUT2D eigenvalue weighted by atomic mass is 10.2. The molecule has 0 saturated carbocycles. The molecule has 3 heterocycles. The van der Waals surface area contributed by atoms with Gasteiger partial charge in [0.05, 0.1) is 19.3 Å². The summed E-state index contributed by atoms with van der Waals surface area (Å²) in [5.74, 6) is 0.775. The van der Waals surface area contributed by atoms with Gasteiger partial charge in [-0.25, -0.2) is 4.98 Å². The first-order valence-electron chi connectivity index (χ1n) is 6.62. The maximum absolute atomic E-state index is 11.2. The number of rotatable bonds is 4. The highest BCUT2D eigenvalue weighted by Gasteiger charge is 2.10. The van der Waals surface area contributed by atoms with Crippen molar-refractivity contribution < 1.29 is 9.53 Å². The summed E-state index contributed by atoms with van der Waals surface area (Å²) in [7, 11) is 1.63. The Labute approximate surface area is 122 Å². The van der Waals surface area contributed by atoms with Crippen LogP contribution in [-0.2, 0) is 6.54 Å². The SMILES string of the molecule is COc1cc(C)nc(Cn2cc(C=O)c3cccnc32)c1. The second-order valence-electron chi connectivity index (χ2n) is 4.84. The monoisotopic (exact) mass is 281 g/mol. The van der Waals surface area contributed by atoms with Crippen molar-refractivity contribution in [2.75, 3.05) is 7.11 Å². The first kappa shape index (κ1) is 13.3. The van der Waals surface area contributed by atoms with Crippen molar-refractivity contribution >= 4 is 17.3 Å². The highest BCUT2D eigenvalue weighted by atomic mass is 16.5. The summed E-state index contributed by atoms with van der Waals surface area (Å²) in [5.41, 5.74) is 3.18. The van der Waals surface area contributed by atoms with Crippen LogP contribution in [0.1, 0.15) is 21.7 Å². The molecule has 3 aromatic rings. The van der Waals surface area contributed by atoms with Crippen molar-refractivity contribution in [2.45, 2.75) is 13.5 Å². The van der Waals surface area contributed by atoms with Crippen molar-refractivity contribution in [3.05, 3.63) is 53.6 Å². The minimum absolute atomic E-state index is 0.541. The molecule has 0 atom stereocenters. The molecule has 0 bridgehead atoms. The van der Waals surface area contributed by atoms with Gasteiger partial charge in [0, 0.05) is 41.2 Å². The molecule has 0 radical (unpaired) electrons. The molecule has 106 valence electrons. The van der Waals surface area contributed by atoms with Gasteiger partial charge in [0.2, 0.25) is 0 Å². The second-order valence-corrected chi connectivity index (χ2v) is 4.84. The maximum Gasteiger partial charge on any atom is 0.152 e. The number of hydrogen-bond donors (Lipinski definition) is 0. The third-order valence-electron chi connectivity index (χ3n) is 3.34. The van der Waals surface area contributed by atoms with E-state index in [1.807, 2.05) is 35.8 Å². The van der Waals surface area contributed by atoms with Crippen LogP contribution in [0.4, 0.5) is 0 Å². The molecule has 0 aliphatic rings. The van der Waals surface area contributed by atoms with E-state index in [2.05, 4.69) is 9.97 Å². The van der Waals surface area contributed by atoms with Gasteiger partial charge in [-0.15, -0.1) is 0 Å². The van der Waals surface area contributed by atoms with E-state index in [-0.39, 0.29) is 0 Å². The summed E-state index contributed by atoms with van der Waals surface area (Å²) < 4.78 is 7.20. The molecular weight excluding hydrogens is 266 g/mol. The van der Waals surface area contributed by atoms with Crippen LogP contribution in [0, 0.1) is 6.92 Å². The Morgan fingerprint density at radius 1 is 1.38 bits per heavy atom. The van der Waals surface area contributed by atoms with Gasteiger partial charge in [0.1, 0.15) is 11.4 Å². The van der Waals surface area contributed by atoms with Crippen molar-refractivity contribution in [3.63, 3.8) is 0 Å². The fraction of sp³-hybridized carbons (Fsp3) is 0.188. The first-order valence-corrected chi connectivity index (χ1v) is 6.62. The smallest absolute Gasteiger partial charge is 0.152 e. The molecule has 0 amide bonds. The molecule has 0 spiro atoms. The third-order valence-corrected chi connectivity index (χ3v) is 3.34. The Morgan fingerprint density at radius 3 is 3.00 bits per heavy atom. The summed E-state index contributed by atoms with van der Waals surface area (Å²) in [6, 6.07) is 7.50. The zero-order valence-corrected chi connectivity index (χ0v) is 11.9. The highest BCUT2D eigenvalue weighted by molar-refractivity contribution is 5.95. The Bertz CT molecular complexity index is 808. The van der Waals surface area contributed by atoms with Crippen LogP contribution in [0.3, 0.4) is 0 Å². The van der Waals surface area contributed by atoms with E-state index in [0.717, 1.165) is 34.5 Å². The highest BCUT2D eigenvalue weighted by Crippen LogP contribution is 2.20. The van der Waals surface area contributed by atoms with E-state index in [9.17, 15) is 4.79 Å². The van der Waals surface area contributed by atoms with Gasteiger partial charge in [-0.3, -0.25) is 9.78 Å². The molecule has 0 unspecified atom stereocenters. The first-order chi connectivity index (χ1) is 10.2. The minimum atomic E-state index is 0.541. The van der Waals surface area contributed by atoms with Gasteiger partial charge in [0.15, 0.2) is 6.29 Å². The Kier molecular flexibility index (Phi) is 3.39. The maximum atomic E-state index is 11.2. The van der Waals surface area contributed by atoms with Gasteiger partial charge in [-0.05, 0) is 19.1 Å². The molecule has 3 aromatic heterocycles. The van der Waals surface area contributed by atoms with Gasteiger partial charge >= 0.3 is 0 Å². The van der Waals surface area contributed by atoms with Crippen molar-refractivity contribution in [2.24, 2.45) is 0 Å². The molecule has 5 heteroatoms. The van der Waals surface area contributed by atoms with Gasteiger partial charge in [-0.2, -0.15) is 0 Å². The van der Waals surface area contributed by atoms with Gasteiger partial charge in [0.25, 0.3) is 0 Å². The number of carbonyl (C=O) groups excluding carboxylic acids is 1. The number of fused-ring (bicyclic) bond motifs is 1. The van der Waals surface area contributed by atoms with Gasteiger partial charge in [-0.1, -0.05) is 0 Å². The normalized spacial score (nSPS) is 10.8. The van der Waals surface area contributed by atoms with E-state index in [1.165, 1.54) is 0 Å². The van der Waals surface area contributed by atoms with Crippen LogP contribution in [0.15, 0.2) is 36.7 Å². The molecule has 3 rings (SSSR count). The number of hydrogen-bond acceptors (Lipinski definition) is 4. The molecule has 0 saturated heterocycles. The number of aldehydes is 1. The van der Waals surface area contributed by atoms with Crippen molar-refractivity contribution in [3.8, 4) is 5.75 Å². The lowest BCUT2D eigenvalue weighted by molar-refractivity contribution is 0.112. The third kappa shape index (κ3) is 2.50. The zero-order chi connectivity index (χ0) is 14.8. The molecule has 0 N–H and O–H groups in total. The molecule has 5 nitrogen and oxygen atoms in total. The summed E-state index contributed by atoms with van der Waals surface area (Å²) >= 11 is 0. The predicted octanol–water partition coefficient (Wildman–Crippen LogP) is 2.61. The quantitative estimate of drug-likeness (QED) is 0.690. The number of methoxy groups -OCH3 is 1. The van der Waals surface area contributed by atoms with Crippen LogP contribution in [0.2, 0.25) is 0 Å². The van der Waals surface area contributed by atoms with Crippen LogP contribution in [-0.4, -0.2) is 27.9 Å².